The normalized spacial score (nSPS) is 19.5. The number of nitrogens with zero attached hydrogens (tertiary/aromatic N) is 3. The van der Waals surface area contributed by atoms with Crippen LogP contribution in [0.3, 0.4) is 0 Å². The van der Waals surface area contributed by atoms with Crippen LogP contribution < -0.4 is 10.2 Å². The largest absolute Gasteiger partial charge is 0.450 e. The molecule has 0 spiro atoms. The molecule has 2 atom stereocenters. The minimum Gasteiger partial charge on any atom is -0.450 e. The van der Waals surface area contributed by atoms with Crippen LogP contribution in [0.4, 0.5) is 10.5 Å². The monoisotopic (exact) mass is 372 g/mol. The Labute approximate surface area is 155 Å². The van der Waals surface area contributed by atoms with Crippen LogP contribution >= 0.6 is 0 Å². The van der Waals surface area contributed by atoms with Crippen LogP contribution in [0.25, 0.3) is 0 Å². The first-order valence-corrected chi connectivity index (χ1v) is 8.49. The Morgan fingerprint density at radius 1 is 1.30 bits per heavy atom. The predicted molar refractivity (Wildman–Crippen MR) is 97.2 cm³/mol. The van der Waals surface area contributed by atoms with Gasteiger partial charge in [0.05, 0.1) is 6.61 Å². The van der Waals surface area contributed by atoms with Gasteiger partial charge in [0.1, 0.15) is 6.04 Å². The molecule has 2 amide bonds. The third-order valence-corrected chi connectivity index (χ3v) is 4.72. The molecule has 9 nitrogen and oxygen atoms in total. The molecule has 1 aromatic carbocycles. The first-order chi connectivity index (χ1) is 12.9. The Bertz CT molecular complexity index is 866. The molecule has 0 bridgehead atoms. The fourth-order valence-electron chi connectivity index (χ4n) is 3.65. The number of rotatable bonds is 6. The van der Waals surface area contributed by atoms with Gasteiger partial charge in [-0.25, -0.2) is 4.79 Å². The molecule has 1 aliphatic heterocycles. The van der Waals surface area contributed by atoms with Crippen LogP contribution in [0.15, 0.2) is 48.8 Å². The van der Waals surface area contributed by atoms with E-state index >= 15 is 0 Å². The number of nitro groups is 1. The SMILES string of the molecule is CCOC(=O)NC(C[N+](=O)[O-])C1(n2cccc2)C(=O)N(C)c2ccccc21. The van der Waals surface area contributed by atoms with Crippen LogP contribution in [0.2, 0.25) is 0 Å². The summed E-state index contributed by atoms with van der Waals surface area (Å²) in [6.45, 7) is 1.09. The molecule has 3 rings (SSSR count). The predicted octanol–water partition coefficient (Wildman–Crippen LogP) is 1.60. The number of benzene rings is 1. The van der Waals surface area contributed by atoms with Crippen molar-refractivity contribution in [1.29, 1.82) is 0 Å². The Morgan fingerprint density at radius 2 is 1.96 bits per heavy atom. The van der Waals surface area contributed by atoms with Gasteiger partial charge in [0.15, 0.2) is 5.54 Å². The third kappa shape index (κ3) is 2.90. The standard InChI is InChI=1S/C18H20N4O5/c1-3-27-17(24)19-15(12-22(25)26)18(21-10-6-7-11-21)13-8-4-5-9-14(13)20(2)16(18)23/h4-11,15H,3,12H2,1-2H3,(H,19,24). The molecule has 1 aromatic heterocycles. The number of likely N-dealkylation sites (N-methyl/N-ethyl adjacent to an activating group) is 1. The van der Waals surface area contributed by atoms with E-state index in [0.717, 1.165) is 0 Å². The van der Waals surface area contributed by atoms with Crippen molar-refractivity contribution in [2.24, 2.45) is 0 Å². The van der Waals surface area contributed by atoms with Crippen LogP contribution in [0.1, 0.15) is 12.5 Å². The number of nitrogens with one attached hydrogen (secondary N) is 1. The van der Waals surface area contributed by atoms with E-state index in [2.05, 4.69) is 5.32 Å². The summed E-state index contributed by atoms with van der Waals surface area (Å²) in [7, 11) is 1.61. The molecule has 2 aromatic rings. The van der Waals surface area contributed by atoms with Crippen LogP contribution in [-0.4, -0.2) is 47.7 Å². The quantitative estimate of drug-likeness (QED) is 0.612. The Kier molecular flexibility index (Phi) is 4.85. The zero-order chi connectivity index (χ0) is 19.6. The molecule has 0 fully saturated rings. The van der Waals surface area contributed by atoms with Crippen molar-refractivity contribution >= 4 is 17.7 Å². The molecule has 142 valence electrons. The van der Waals surface area contributed by atoms with E-state index in [-0.39, 0.29) is 12.5 Å². The minimum absolute atomic E-state index is 0.109. The first-order valence-electron chi connectivity index (χ1n) is 8.49. The molecule has 2 heterocycles. The maximum Gasteiger partial charge on any atom is 0.407 e. The molecule has 0 saturated carbocycles. The zero-order valence-electron chi connectivity index (χ0n) is 15.0. The number of anilines is 1. The van der Waals surface area contributed by atoms with Gasteiger partial charge >= 0.3 is 6.09 Å². The lowest BCUT2D eigenvalue weighted by molar-refractivity contribution is -0.485. The van der Waals surface area contributed by atoms with Gasteiger partial charge in [0.25, 0.3) is 5.91 Å². The van der Waals surface area contributed by atoms with E-state index in [1.165, 1.54) is 4.90 Å². The number of para-hydroxylation sites is 1. The first kappa shape index (κ1) is 18.4. The molecule has 1 N–H and O–H groups in total. The average Bonchev–Trinajstić information content (AvgIpc) is 3.22. The van der Waals surface area contributed by atoms with Crippen molar-refractivity contribution in [3.05, 3.63) is 64.5 Å². The second-order valence-corrected chi connectivity index (χ2v) is 6.17. The fraction of sp³-hybridized carbons (Fsp3) is 0.333. The van der Waals surface area contributed by atoms with Gasteiger partial charge in [0.2, 0.25) is 6.54 Å². The van der Waals surface area contributed by atoms with E-state index in [4.69, 9.17) is 4.74 Å². The lowest BCUT2D eigenvalue weighted by atomic mass is 9.83. The molecule has 2 unspecified atom stereocenters. The van der Waals surface area contributed by atoms with Crippen molar-refractivity contribution in [3.63, 3.8) is 0 Å². The van der Waals surface area contributed by atoms with Gasteiger partial charge in [-0.15, -0.1) is 0 Å². The molecule has 27 heavy (non-hydrogen) atoms. The lowest BCUT2D eigenvalue weighted by Gasteiger charge is -2.36. The Balaban J connectivity index is 2.22. The number of carbonyl (C=O) groups excluding carboxylic acids is 2. The summed E-state index contributed by atoms with van der Waals surface area (Å²) in [5.74, 6) is -0.372. The van der Waals surface area contributed by atoms with Crippen LogP contribution in [-0.2, 0) is 15.1 Å². The Morgan fingerprint density at radius 3 is 2.59 bits per heavy atom. The fourth-order valence-corrected chi connectivity index (χ4v) is 3.65. The van der Waals surface area contributed by atoms with Gasteiger partial charge in [-0.1, -0.05) is 18.2 Å². The van der Waals surface area contributed by atoms with E-state index in [9.17, 15) is 19.7 Å². The maximum absolute atomic E-state index is 13.4. The van der Waals surface area contributed by atoms with E-state index in [1.54, 1.807) is 67.3 Å². The number of alkyl carbamates (subject to hydrolysis) is 1. The smallest absolute Gasteiger partial charge is 0.407 e. The molecule has 0 aliphatic carbocycles. The molecule has 0 saturated heterocycles. The number of ether oxygens (including phenoxy) is 1. The summed E-state index contributed by atoms with van der Waals surface area (Å²) < 4.78 is 6.53. The second kappa shape index (κ2) is 7.10. The number of carbonyl (C=O) groups is 2. The van der Waals surface area contributed by atoms with Gasteiger partial charge in [-0.05, 0) is 25.1 Å². The van der Waals surface area contributed by atoms with Crippen LogP contribution in [0, 0.1) is 10.1 Å². The molecule has 0 radical (unpaired) electrons. The summed E-state index contributed by atoms with van der Waals surface area (Å²) in [5, 5.41) is 13.9. The topological polar surface area (TPSA) is 107 Å². The maximum atomic E-state index is 13.4. The summed E-state index contributed by atoms with van der Waals surface area (Å²) in [6.07, 6.45) is 2.51. The number of hydrogen-bond acceptors (Lipinski definition) is 5. The van der Waals surface area contributed by atoms with Crippen molar-refractivity contribution < 1.29 is 19.2 Å². The highest BCUT2D eigenvalue weighted by Gasteiger charge is 2.58. The molecule has 1 aliphatic rings. The summed E-state index contributed by atoms with van der Waals surface area (Å²) in [4.78, 5) is 37.9. The van der Waals surface area contributed by atoms with Gasteiger partial charge in [-0.3, -0.25) is 14.9 Å². The Hall–Kier alpha value is -3.36. The van der Waals surface area contributed by atoms with Crippen molar-refractivity contribution in [1.82, 2.24) is 9.88 Å². The third-order valence-electron chi connectivity index (χ3n) is 4.72. The van der Waals surface area contributed by atoms with Crippen molar-refractivity contribution in [3.8, 4) is 0 Å². The number of aromatic nitrogens is 1. The summed E-state index contributed by atoms with van der Waals surface area (Å²) in [6, 6.07) is 9.36. The summed E-state index contributed by atoms with van der Waals surface area (Å²) in [5.41, 5.74) is -0.276. The highest BCUT2D eigenvalue weighted by Crippen LogP contribution is 2.44. The summed E-state index contributed by atoms with van der Waals surface area (Å²) >= 11 is 0. The van der Waals surface area contributed by atoms with E-state index in [1.807, 2.05) is 0 Å². The zero-order valence-corrected chi connectivity index (χ0v) is 15.0. The molecular formula is C18H20N4O5. The number of fused-ring (bicyclic) bond motifs is 1. The van der Waals surface area contributed by atoms with E-state index < -0.39 is 29.1 Å². The molecule has 9 heteroatoms. The second-order valence-electron chi connectivity index (χ2n) is 6.17. The van der Waals surface area contributed by atoms with Gasteiger partial charge in [-0.2, -0.15) is 0 Å². The van der Waals surface area contributed by atoms with Crippen LogP contribution in [0.5, 0.6) is 0 Å². The highest BCUT2D eigenvalue weighted by molar-refractivity contribution is 6.08. The highest BCUT2D eigenvalue weighted by atomic mass is 16.6. The van der Waals surface area contributed by atoms with Crippen molar-refractivity contribution in [2.75, 3.05) is 25.1 Å². The number of amides is 2. The van der Waals surface area contributed by atoms with Gasteiger partial charge in [0, 0.05) is 35.6 Å². The molecular weight excluding hydrogens is 352 g/mol. The average molecular weight is 372 g/mol. The van der Waals surface area contributed by atoms with E-state index in [0.29, 0.717) is 11.3 Å². The number of hydrogen-bond donors (Lipinski definition) is 1. The lowest BCUT2D eigenvalue weighted by Crippen LogP contribution is -2.61. The van der Waals surface area contributed by atoms with Gasteiger partial charge < -0.3 is 19.5 Å². The van der Waals surface area contributed by atoms with Crippen molar-refractivity contribution in [2.45, 2.75) is 18.5 Å². The minimum atomic E-state index is -1.49.